The van der Waals surface area contributed by atoms with Gasteiger partial charge >= 0.3 is 5.97 Å². The first-order valence-electron chi connectivity index (χ1n) is 5.26. The third kappa shape index (κ3) is 2.35. The molecule has 16 heavy (non-hydrogen) atoms. The Kier molecular flexibility index (Phi) is 3.43. The van der Waals surface area contributed by atoms with Crippen molar-refractivity contribution in [3.8, 4) is 0 Å². The Labute approximate surface area is 102 Å². The van der Waals surface area contributed by atoms with E-state index in [0.29, 0.717) is 6.54 Å². The first kappa shape index (κ1) is 11.4. The monoisotopic (exact) mass is 284 g/mol. The number of piperidine rings is 1. The highest BCUT2D eigenvalue weighted by molar-refractivity contribution is 9.10. The van der Waals surface area contributed by atoms with Crippen molar-refractivity contribution in [1.29, 1.82) is 0 Å². The first-order valence-corrected chi connectivity index (χ1v) is 6.05. The van der Waals surface area contributed by atoms with Crippen LogP contribution in [-0.4, -0.2) is 29.1 Å². The van der Waals surface area contributed by atoms with Crippen molar-refractivity contribution in [2.45, 2.75) is 12.8 Å². The van der Waals surface area contributed by atoms with Gasteiger partial charge in [-0.2, -0.15) is 0 Å². The Balaban J connectivity index is 2.16. The van der Waals surface area contributed by atoms with Crippen LogP contribution in [0.25, 0.3) is 0 Å². The summed E-state index contributed by atoms with van der Waals surface area (Å²) in [7, 11) is 0. The van der Waals surface area contributed by atoms with Gasteiger partial charge in [0.2, 0.25) is 0 Å². The van der Waals surface area contributed by atoms with E-state index >= 15 is 0 Å². The molecule has 1 saturated heterocycles. The van der Waals surface area contributed by atoms with Crippen LogP contribution in [0.15, 0.2) is 22.9 Å². The van der Waals surface area contributed by atoms with E-state index < -0.39 is 5.97 Å². The van der Waals surface area contributed by atoms with Gasteiger partial charge in [0.25, 0.3) is 0 Å². The molecular formula is C11H13BrN2O2. The van der Waals surface area contributed by atoms with E-state index in [1.807, 2.05) is 6.07 Å². The molecule has 0 bridgehead atoms. The Morgan fingerprint density at radius 2 is 2.44 bits per heavy atom. The summed E-state index contributed by atoms with van der Waals surface area (Å²) in [6.45, 7) is 1.49. The maximum Gasteiger partial charge on any atom is 0.308 e. The highest BCUT2D eigenvalue weighted by Gasteiger charge is 2.26. The van der Waals surface area contributed by atoms with E-state index in [0.717, 1.165) is 29.5 Å². The maximum atomic E-state index is 11.0. The molecule has 0 spiro atoms. The molecule has 0 radical (unpaired) electrons. The summed E-state index contributed by atoms with van der Waals surface area (Å²) in [6.07, 6.45) is 5.16. The molecule has 0 amide bonds. The van der Waals surface area contributed by atoms with E-state index in [1.165, 1.54) is 0 Å². The van der Waals surface area contributed by atoms with Gasteiger partial charge in [0.15, 0.2) is 0 Å². The van der Waals surface area contributed by atoms with Crippen molar-refractivity contribution in [1.82, 2.24) is 4.98 Å². The van der Waals surface area contributed by atoms with Gasteiger partial charge in [-0.1, -0.05) is 0 Å². The fourth-order valence-corrected chi connectivity index (χ4v) is 2.52. The lowest BCUT2D eigenvalue weighted by Gasteiger charge is -2.32. The summed E-state index contributed by atoms with van der Waals surface area (Å²) in [6, 6.07) is 1.91. The van der Waals surface area contributed by atoms with Crippen molar-refractivity contribution >= 4 is 27.6 Å². The number of carbonyl (C=O) groups is 1. The molecular weight excluding hydrogens is 272 g/mol. The lowest BCUT2D eigenvalue weighted by atomic mass is 9.98. The second kappa shape index (κ2) is 4.82. The van der Waals surface area contributed by atoms with Crippen molar-refractivity contribution in [2.24, 2.45) is 5.92 Å². The molecule has 1 aliphatic heterocycles. The summed E-state index contributed by atoms with van der Waals surface area (Å²) in [5.41, 5.74) is 1.03. The molecule has 1 unspecified atom stereocenters. The minimum atomic E-state index is -0.699. The molecule has 2 rings (SSSR count). The highest BCUT2D eigenvalue weighted by atomic mass is 79.9. The topological polar surface area (TPSA) is 53.4 Å². The SMILES string of the molecule is O=C(O)C1CCCN(c2ccncc2Br)C1. The molecule has 1 fully saturated rings. The van der Waals surface area contributed by atoms with Gasteiger partial charge in [-0.25, -0.2) is 0 Å². The molecule has 4 nitrogen and oxygen atoms in total. The van der Waals surface area contributed by atoms with Crippen LogP contribution in [0.3, 0.4) is 0 Å². The number of hydrogen-bond acceptors (Lipinski definition) is 3. The van der Waals surface area contributed by atoms with Crippen LogP contribution in [0.5, 0.6) is 0 Å². The van der Waals surface area contributed by atoms with Crippen LogP contribution in [-0.2, 0) is 4.79 Å². The van der Waals surface area contributed by atoms with Crippen LogP contribution >= 0.6 is 15.9 Å². The van der Waals surface area contributed by atoms with Crippen LogP contribution < -0.4 is 4.90 Å². The van der Waals surface area contributed by atoms with Gasteiger partial charge in [-0.15, -0.1) is 0 Å². The second-order valence-corrected chi connectivity index (χ2v) is 4.80. The number of nitrogens with zero attached hydrogens (tertiary/aromatic N) is 2. The predicted molar refractivity (Wildman–Crippen MR) is 64.5 cm³/mol. The van der Waals surface area contributed by atoms with Crippen molar-refractivity contribution < 1.29 is 9.90 Å². The van der Waals surface area contributed by atoms with E-state index in [2.05, 4.69) is 25.8 Å². The van der Waals surface area contributed by atoms with Crippen LogP contribution in [0.4, 0.5) is 5.69 Å². The zero-order valence-electron chi connectivity index (χ0n) is 8.77. The normalized spacial score (nSPS) is 20.8. The molecule has 1 aromatic rings. The molecule has 86 valence electrons. The Morgan fingerprint density at radius 1 is 1.62 bits per heavy atom. The summed E-state index contributed by atoms with van der Waals surface area (Å²) in [4.78, 5) is 17.1. The number of halogens is 1. The second-order valence-electron chi connectivity index (χ2n) is 3.95. The minimum absolute atomic E-state index is 0.256. The van der Waals surface area contributed by atoms with Gasteiger partial charge < -0.3 is 10.0 Å². The molecule has 5 heteroatoms. The van der Waals surface area contributed by atoms with Crippen molar-refractivity contribution in [3.63, 3.8) is 0 Å². The summed E-state index contributed by atoms with van der Waals surface area (Å²) < 4.78 is 0.918. The fourth-order valence-electron chi connectivity index (χ4n) is 2.02. The third-order valence-electron chi connectivity index (χ3n) is 2.86. The average Bonchev–Trinajstić information content (AvgIpc) is 2.30. The summed E-state index contributed by atoms with van der Waals surface area (Å²) in [5, 5.41) is 9.02. The van der Waals surface area contributed by atoms with Crippen LogP contribution in [0.2, 0.25) is 0 Å². The van der Waals surface area contributed by atoms with Gasteiger partial charge in [0.05, 0.1) is 16.1 Å². The molecule has 1 aromatic heterocycles. The number of rotatable bonds is 2. The van der Waals surface area contributed by atoms with Crippen LogP contribution in [0, 0.1) is 5.92 Å². The minimum Gasteiger partial charge on any atom is -0.481 e. The maximum absolute atomic E-state index is 11.0. The molecule has 0 saturated carbocycles. The fraction of sp³-hybridized carbons (Fsp3) is 0.455. The van der Waals surface area contributed by atoms with E-state index in [9.17, 15) is 4.79 Å². The molecule has 2 heterocycles. The van der Waals surface area contributed by atoms with Crippen molar-refractivity contribution in [3.05, 3.63) is 22.9 Å². The van der Waals surface area contributed by atoms with Gasteiger partial charge in [-0.05, 0) is 34.8 Å². The van der Waals surface area contributed by atoms with Crippen molar-refractivity contribution in [2.75, 3.05) is 18.0 Å². The van der Waals surface area contributed by atoms with E-state index in [-0.39, 0.29) is 5.92 Å². The number of aromatic nitrogens is 1. The third-order valence-corrected chi connectivity index (χ3v) is 3.47. The summed E-state index contributed by atoms with van der Waals surface area (Å²) in [5.74, 6) is -0.955. The Morgan fingerprint density at radius 3 is 3.12 bits per heavy atom. The smallest absolute Gasteiger partial charge is 0.308 e. The number of pyridine rings is 1. The standard InChI is InChI=1S/C11H13BrN2O2/c12-9-6-13-4-3-10(9)14-5-1-2-8(7-14)11(15)16/h3-4,6,8H,1-2,5,7H2,(H,15,16). The molecule has 0 aromatic carbocycles. The Bertz CT molecular complexity index is 397. The molecule has 1 N–H and O–H groups in total. The zero-order valence-corrected chi connectivity index (χ0v) is 10.4. The lowest BCUT2D eigenvalue weighted by Crippen LogP contribution is -2.38. The van der Waals surface area contributed by atoms with E-state index in [4.69, 9.17) is 5.11 Å². The number of hydrogen-bond donors (Lipinski definition) is 1. The Hall–Kier alpha value is -1.10. The molecule has 1 aliphatic rings. The average molecular weight is 285 g/mol. The number of aliphatic carboxylic acids is 1. The van der Waals surface area contributed by atoms with Gasteiger partial charge in [0.1, 0.15) is 0 Å². The predicted octanol–water partition coefficient (Wildman–Crippen LogP) is 2.15. The lowest BCUT2D eigenvalue weighted by molar-refractivity contribution is -0.141. The largest absolute Gasteiger partial charge is 0.481 e. The first-order chi connectivity index (χ1) is 7.68. The number of carboxylic acids is 1. The molecule has 0 aliphatic carbocycles. The van der Waals surface area contributed by atoms with E-state index in [1.54, 1.807) is 12.4 Å². The quantitative estimate of drug-likeness (QED) is 0.904. The number of anilines is 1. The van der Waals surface area contributed by atoms with Gasteiger partial charge in [-0.3, -0.25) is 9.78 Å². The summed E-state index contributed by atoms with van der Waals surface area (Å²) >= 11 is 3.44. The number of carboxylic acid groups (broad SMARTS) is 1. The molecule has 1 atom stereocenters. The highest BCUT2D eigenvalue weighted by Crippen LogP contribution is 2.29. The zero-order chi connectivity index (χ0) is 11.5. The van der Waals surface area contributed by atoms with Gasteiger partial charge in [0, 0.05) is 25.5 Å². The van der Waals surface area contributed by atoms with Crippen LogP contribution in [0.1, 0.15) is 12.8 Å².